The van der Waals surface area contributed by atoms with Gasteiger partial charge in [-0.15, -0.1) is 0 Å². The van der Waals surface area contributed by atoms with Gasteiger partial charge in [0.05, 0.1) is 11.3 Å². The number of fused-ring (bicyclic) bond motifs is 1. The Kier molecular flexibility index (Phi) is 5.53. The Hall–Kier alpha value is -4.52. The molecule has 0 radical (unpaired) electrons. The molecule has 2 heterocycles. The number of hydrogen-bond donors (Lipinski definition) is 3. The van der Waals surface area contributed by atoms with Crippen molar-refractivity contribution in [3.05, 3.63) is 101 Å². The first kappa shape index (κ1) is 22.3. The lowest BCUT2D eigenvalue weighted by atomic mass is 9.98. The number of aryl methyl sites for hydroxylation is 3. The van der Waals surface area contributed by atoms with E-state index >= 15 is 0 Å². The van der Waals surface area contributed by atoms with Crippen LogP contribution in [0.15, 0.2) is 78.2 Å². The zero-order valence-corrected chi connectivity index (χ0v) is 19.6. The topological polar surface area (TPSA) is 96.1 Å². The summed E-state index contributed by atoms with van der Waals surface area (Å²) in [4.78, 5) is 12.7. The van der Waals surface area contributed by atoms with Crippen LogP contribution in [0.1, 0.15) is 23.6 Å². The van der Waals surface area contributed by atoms with Crippen molar-refractivity contribution in [2.45, 2.75) is 19.8 Å². The molecule has 5 rings (SSSR count). The molecule has 0 amide bonds. The first-order valence-corrected chi connectivity index (χ1v) is 11.3. The van der Waals surface area contributed by atoms with Gasteiger partial charge in [0.2, 0.25) is 0 Å². The van der Waals surface area contributed by atoms with Crippen LogP contribution >= 0.6 is 0 Å². The van der Waals surface area contributed by atoms with Gasteiger partial charge in [-0.25, -0.2) is 14.5 Å². The van der Waals surface area contributed by atoms with Gasteiger partial charge in [-0.1, -0.05) is 36.4 Å². The van der Waals surface area contributed by atoms with Crippen LogP contribution in [-0.4, -0.2) is 29.5 Å². The zero-order valence-electron chi connectivity index (χ0n) is 19.6. The smallest absolute Gasteiger partial charge is 0.348 e. The van der Waals surface area contributed by atoms with Crippen molar-refractivity contribution in [2.75, 3.05) is 0 Å². The molecule has 0 aliphatic heterocycles. The second-order valence-corrected chi connectivity index (χ2v) is 8.84. The fourth-order valence-electron chi connectivity index (χ4n) is 4.40. The average molecular weight is 467 g/mol. The van der Waals surface area contributed by atoms with Gasteiger partial charge in [-0.2, -0.15) is 5.10 Å². The number of aromatic hydroxyl groups is 2. The number of nitrogens with zero attached hydrogens (tertiary/aromatic N) is 3. The molecule has 0 bridgehead atoms. The van der Waals surface area contributed by atoms with Crippen LogP contribution in [0.25, 0.3) is 33.6 Å². The molecule has 3 N–H and O–H groups in total. The summed E-state index contributed by atoms with van der Waals surface area (Å²) in [7, 11) is 1.96. The molecule has 0 atom stereocenters. The normalized spacial score (nSPS) is 11.3. The number of benzene rings is 3. The molecule has 7 heteroatoms. The molecule has 2 aromatic heterocycles. The summed E-state index contributed by atoms with van der Waals surface area (Å²) in [6, 6.07) is 18.8. The monoisotopic (exact) mass is 466 g/mol. The predicted molar refractivity (Wildman–Crippen MR) is 138 cm³/mol. The van der Waals surface area contributed by atoms with Gasteiger partial charge in [0, 0.05) is 30.2 Å². The van der Waals surface area contributed by atoms with Gasteiger partial charge in [0.1, 0.15) is 11.5 Å². The second kappa shape index (κ2) is 8.68. The number of rotatable bonds is 6. The highest BCUT2D eigenvalue weighted by molar-refractivity contribution is 5.82. The maximum atomic E-state index is 12.7. The largest absolute Gasteiger partial charge is 0.508 e. The molecular formula is C28H26N4O3. The number of phenolic OH excluding ortho intramolecular Hbond substituents is 2. The Bertz CT molecular complexity index is 1640. The van der Waals surface area contributed by atoms with Crippen molar-refractivity contribution in [1.82, 2.24) is 19.3 Å². The molecule has 7 nitrogen and oxygen atoms in total. The number of phenols is 2. The first-order chi connectivity index (χ1) is 16.8. The number of hydrogen-bond acceptors (Lipinski definition) is 4. The number of aromatic amines is 1. The summed E-state index contributed by atoms with van der Waals surface area (Å²) in [5.74, 6) is 0.113. The van der Waals surface area contributed by atoms with E-state index < -0.39 is 5.69 Å². The van der Waals surface area contributed by atoms with Crippen LogP contribution in [-0.2, 0) is 19.9 Å². The predicted octanol–water partition coefficient (Wildman–Crippen LogP) is 4.95. The van der Waals surface area contributed by atoms with E-state index in [9.17, 15) is 15.0 Å². The van der Waals surface area contributed by atoms with Gasteiger partial charge in [-0.3, -0.25) is 0 Å². The molecule has 0 aliphatic rings. The molecule has 5 aromatic rings. The maximum Gasteiger partial charge on any atom is 0.348 e. The molecule has 0 saturated carbocycles. The summed E-state index contributed by atoms with van der Waals surface area (Å²) in [6.45, 7) is 5.97. The van der Waals surface area contributed by atoms with Crippen molar-refractivity contribution in [3.63, 3.8) is 0 Å². The number of aromatic nitrogens is 4. The minimum atomic E-state index is -0.416. The Labute approximate surface area is 202 Å². The van der Waals surface area contributed by atoms with E-state index in [0.29, 0.717) is 29.7 Å². The molecule has 0 aliphatic carbocycles. The van der Waals surface area contributed by atoms with Crippen LogP contribution in [0.4, 0.5) is 0 Å². The van der Waals surface area contributed by atoms with Crippen molar-refractivity contribution in [2.24, 2.45) is 7.05 Å². The highest BCUT2D eigenvalue weighted by Gasteiger charge is 2.19. The molecule has 0 unspecified atom stereocenters. The second-order valence-electron chi connectivity index (χ2n) is 8.84. The van der Waals surface area contributed by atoms with E-state index in [-0.39, 0.29) is 17.3 Å². The van der Waals surface area contributed by atoms with Crippen molar-refractivity contribution in [1.29, 1.82) is 0 Å². The van der Waals surface area contributed by atoms with Gasteiger partial charge in [-0.05, 0) is 66.8 Å². The van der Waals surface area contributed by atoms with Crippen LogP contribution in [0.2, 0.25) is 0 Å². The van der Waals surface area contributed by atoms with Crippen LogP contribution in [0, 0.1) is 0 Å². The third kappa shape index (κ3) is 4.12. The molecule has 35 heavy (non-hydrogen) atoms. The Morgan fingerprint density at radius 2 is 1.86 bits per heavy atom. The summed E-state index contributed by atoms with van der Waals surface area (Å²) < 4.78 is 3.43. The van der Waals surface area contributed by atoms with E-state index in [4.69, 9.17) is 0 Å². The van der Waals surface area contributed by atoms with Gasteiger partial charge < -0.3 is 14.8 Å². The molecule has 0 fully saturated rings. The summed E-state index contributed by atoms with van der Waals surface area (Å²) >= 11 is 0. The molecule has 176 valence electrons. The molecule has 3 aromatic carbocycles. The zero-order chi connectivity index (χ0) is 24.7. The highest BCUT2D eigenvalue weighted by atomic mass is 16.3. The minimum Gasteiger partial charge on any atom is -0.508 e. The van der Waals surface area contributed by atoms with Crippen molar-refractivity contribution < 1.29 is 10.2 Å². The standard InChI is InChI=1S/C28H26N4O3/c1-17(2)19-6-4-5-18(13-19)7-8-21-15-23(26(34)16-25(21)33)27-29-30-28(35)32(27)22-9-10-24-20(14-22)11-12-31(24)3/h4-6,9-16,33-34H,1,7-8H2,2-3H3,(H,30,35). The van der Waals surface area contributed by atoms with E-state index in [1.54, 1.807) is 6.07 Å². The lowest BCUT2D eigenvalue weighted by Gasteiger charge is -2.12. The van der Waals surface area contributed by atoms with E-state index in [0.717, 1.165) is 27.6 Å². The summed E-state index contributed by atoms with van der Waals surface area (Å²) in [5.41, 5.74) is 5.45. The third-order valence-electron chi connectivity index (χ3n) is 6.34. The van der Waals surface area contributed by atoms with Gasteiger partial charge in [0.25, 0.3) is 0 Å². The van der Waals surface area contributed by atoms with E-state index in [1.807, 2.05) is 67.2 Å². The first-order valence-electron chi connectivity index (χ1n) is 11.3. The van der Waals surface area contributed by atoms with Crippen molar-refractivity contribution >= 4 is 16.5 Å². The summed E-state index contributed by atoms with van der Waals surface area (Å²) in [6.07, 6.45) is 3.19. The fraction of sp³-hybridized carbons (Fsp3) is 0.143. The van der Waals surface area contributed by atoms with E-state index in [2.05, 4.69) is 22.8 Å². The van der Waals surface area contributed by atoms with Gasteiger partial charge in [0.15, 0.2) is 5.82 Å². The van der Waals surface area contributed by atoms with Crippen molar-refractivity contribution in [3.8, 4) is 28.6 Å². The van der Waals surface area contributed by atoms with Crippen LogP contribution in [0.5, 0.6) is 11.5 Å². The minimum absolute atomic E-state index is 0.00237. The van der Waals surface area contributed by atoms with Crippen LogP contribution < -0.4 is 5.69 Å². The number of nitrogens with one attached hydrogen (secondary N) is 1. The molecular weight excluding hydrogens is 440 g/mol. The fourth-order valence-corrected chi connectivity index (χ4v) is 4.40. The Morgan fingerprint density at radius 1 is 1.03 bits per heavy atom. The quantitative estimate of drug-likeness (QED) is 0.330. The average Bonchev–Trinajstić information content (AvgIpc) is 3.40. The SMILES string of the molecule is C=C(C)c1cccc(CCc2cc(-c3n[nH]c(=O)n3-c3ccc4c(ccn4C)c3)c(O)cc2O)c1. The Balaban J connectivity index is 1.52. The molecule has 0 saturated heterocycles. The highest BCUT2D eigenvalue weighted by Crippen LogP contribution is 2.35. The third-order valence-corrected chi connectivity index (χ3v) is 6.34. The summed E-state index contributed by atoms with van der Waals surface area (Å²) in [5, 5.41) is 28.9. The lowest BCUT2D eigenvalue weighted by Crippen LogP contribution is -2.15. The van der Waals surface area contributed by atoms with E-state index in [1.165, 1.54) is 10.6 Å². The van der Waals surface area contributed by atoms with Gasteiger partial charge >= 0.3 is 5.69 Å². The Morgan fingerprint density at radius 3 is 2.66 bits per heavy atom. The lowest BCUT2D eigenvalue weighted by molar-refractivity contribution is 0.446. The van der Waals surface area contributed by atoms with Crippen LogP contribution in [0.3, 0.4) is 0 Å². The number of H-pyrrole nitrogens is 1. The molecule has 0 spiro atoms. The maximum absolute atomic E-state index is 12.7. The number of allylic oxidation sites excluding steroid dienone is 1.